The summed E-state index contributed by atoms with van der Waals surface area (Å²) in [6, 6.07) is 11.8. The van der Waals surface area contributed by atoms with Gasteiger partial charge in [0.15, 0.2) is 0 Å². The van der Waals surface area contributed by atoms with Gasteiger partial charge in [-0.1, -0.05) is 12.1 Å². The molecule has 5 heteroatoms. The van der Waals surface area contributed by atoms with E-state index in [1.165, 1.54) is 18.3 Å². The number of aliphatic hydroxyl groups excluding tert-OH is 1. The van der Waals surface area contributed by atoms with Crippen LogP contribution in [-0.2, 0) is 5.41 Å². The van der Waals surface area contributed by atoms with Gasteiger partial charge in [0.2, 0.25) is 0 Å². The van der Waals surface area contributed by atoms with E-state index in [0.717, 1.165) is 18.4 Å². The highest BCUT2D eigenvalue weighted by Crippen LogP contribution is 2.47. The Morgan fingerprint density at radius 2 is 1.96 bits per heavy atom. The molecule has 3 aromatic rings. The highest BCUT2D eigenvalue weighted by atomic mass is 19.1. The van der Waals surface area contributed by atoms with Gasteiger partial charge in [0.1, 0.15) is 5.82 Å². The predicted octanol–water partition coefficient (Wildman–Crippen LogP) is 3.65. The van der Waals surface area contributed by atoms with Crippen molar-refractivity contribution >= 4 is 22.4 Å². The van der Waals surface area contributed by atoms with Crippen LogP contribution >= 0.6 is 0 Å². The molecule has 1 heterocycles. The van der Waals surface area contributed by atoms with Crippen LogP contribution in [0.15, 0.2) is 54.9 Å². The molecule has 1 aliphatic carbocycles. The van der Waals surface area contributed by atoms with E-state index in [2.05, 4.69) is 10.3 Å². The first-order valence-electron chi connectivity index (χ1n) is 8.17. The lowest BCUT2D eigenvalue weighted by atomic mass is 9.97. The average molecular weight is 336 g/mol. The summed E-state index contributed by atoms with van der Waals surface area (Å²) in [5.74, 6) is -0.841. The van der Waals surface area contributed by atoms with Gasteiger partial charge >= 0.3 is 0 Å². The third kappa shape index (κ3) is 2.87. The summed E-state index contributed by atoms with van der Waals surface area (Å²) in [5.41, 5.74) is 1.88. The lowest BCUT2D eigenvalue weighted by molar-refractivity contribution is 0.102. The van der Waals surface area contributed by atoms with Gasteiger partial charge in [-0.2, -0.15) is 0 Å². The van der Waals surface area contributed by atoms with E-state index in [-0.39, 0.29) is 23.5 Å². The minimum absolute atomic E-state index is 0.103. The van der Waals surface area contributed by atoms with E-state index in [1.54, 1.807) is 12.3 Å². The number of nitrogens with one attached hydrogen (secondary N) is 1. The first kappa shape index (κ1) is 15.7. The third-order valence-corrected chi connectivity index (χ3v) is 4.87. The zero-order valence-corrected chi connectivity index (χ0v) is 13.5. The Morgan fingerprint density at radius 3 is 2.64 bits per heavy atom. The highest BCUT2D eigenvalue weighted by Gasteiger charge is 2.43. The number of halogens is 1. The molecule has 1 aromatic heterocycles. The lowest BCUT2D eigenvalue weighted by Crippen LogP contribution is -2.14. The number of aromatic nitrogens is 1. The molecular weight excluding hydrogens is 319 g/mol. The normalized spacial score (nSPS) is 15.1. The number of fused-ring (bicyclic) bond motifs is 1. The molecule has 1 amide bonds. The van der Waals surface area contributed by atoms with Crippen molar-refractivity contribution in [1.29, 1.82) is 0 Å². The summed E-state index contributed by atoms with van der Waals surface area (Å²) in [5, 5.41) is 13.5. The van der Waals surface area contributed by atoms with Crippen LogP contribution in [0.1, 0.15) is 28.8 Å². The SMILES string of the molecule is O=C(Nc1ccc(C2(CO)CC2)cc1)c1cc(F)cc2cnccc12. The first-order valence-corrected chi connectivity index (χ1v) is 8.17. The number of benzene rings is 2. The van der Waals surface area contributed by atoms with Crippen LogP contribution in [-0.4, -0.2) is 22.6 Å². The summed E-state index contributed by atoms with van der Waals surface area (Å²) in [6.45, 7) is 0.141. The fourth-order valence-corrected chi connectivity index (χ4v) is 3.16. The summed E-state index contributed by atoms with van der Waals surface area (Å²) in [4.78, 5) is 16.6. The second-order valence-corrected chi connectivity index (χ2v) is 6.52. The molecule has 0 bridgehead atoms. The maximum Gasteiger partial charge on any atom is 0.256 e. The van der Waals surface area contributed by atoms with Gasteiger partial charge in [-0.25, -0.2) is 4.39 Å². The molecule has 1 aliphatic rings. The van der Waals surface area contributed by atoms with Crippen LogP contribution in [0.3, 0.4) is 0 Å². The zero-order valence-electron chi connectivity index (χ0n) is 13.5. The molecule has 2 N–H and O–H groups in total. The number of carbonyl (C=O) groups excluding carboxylic acids is 1. The van der Waals surface area contributed by atoms with Crippen molar-refractivity contribution in [2.45, 2.75) is 18.3 Å². The predicted molar refractivity (Wildman–Crippen MR) is 94.1 cm³/mol. The van der Waals surface area contributed by atoms with Gasteiger partial charge in [0.25, 0.3) is 5.91 Å². The molecule has 25 heavy (non-hydrogen) atoms. The number of amides is 1. The fraction of sp³-hybridized carbons (Fsp3) is 0.200. The second kappa shape index (κ2) is 5.93. The third-order valence-electron chi connectivity index (χ3n) is 4.87. The van der Waals surface area contributed by atoms with Gasteiger partial charge in [-0.05, 0) is 54.1 Å². The highest BCUT2D eigenvalue weighted by molar-refractivity contribution is 6.12. The molecule has 1 fully saturated rings. The van der Waals surface area contributed by atoms with E-state index < -0.39 is 5.82 Å². The van der Waals surface area contributed by atoms with Gasteiger partial charge in [0, 0.05) is 28.9 Å². The zero-order chi connectivity index (χ0) is 17.4. The molecule has 2 aromatic carbocycles. The number of hydrogen-bond donors (Lipinski definition) is 2. The number of aliphatic hydroxyl groups is 1. The van der Waals surface area contributed by atoms with Crippen molar-refractivity contribution in [1.82, 2.24) is 4.98 Å². The Morgan fingerprint density at radius 1 is 1.20 bits per heavy atom. The Labute approximate surface area is 144 Å². The molecule has 1 saturated carbocycles. The van der Waals surface area contributed by atoms with E-state index in [1.807, 2.05) is 24.3 Å². The fourth-order valence-electron chi connectivity index (χ4n) is 3.16. The molecule has 4 nitrogen and oxygen atoms in total. The molecule has 0 spiro atoms. The van der Waals surface area contributed by atoms with Crippen LogP contribution in [0.25, 0.3) is 10.8 Å². The minimum atomic E-state index is -0.473. The Bertz CT molecular complexity index is 950. The smallest absolute Gasteiger partial charge is 0.256 e. The number of rotatable bonds is 4. The van der Waals surface area contributed by atoms with Crippen LogP contribution in [0.5, 0.6) is 0 Å². The quantitative estimate of drug-likeness (QED) is 0.764. The van der Waals surface area contributed by atoms with Gasteiger partial charge in [0.05, 0.1) is 12.2 Å². The minimum Gasteiger partial charge on any atom is -0.395 e. The monoisotopic (exact) mass is 336 g/mol. The number of anilines is 1. The summed E-state index contributed by atoms with van der Waals surface area (Å²) < 4.78 is 13.8. The van der Waals surface area contributed by atoms with Crippen LogP contribution in [0.4, 0.5) is 10.1 Å². The number of nitrogens with zero attached hydrogens (tertiary/aromatic N) is 1. The first-order chi connectivity index (χ1) is 12.1. The molecule has 4 rings (SSSR count). The van der Waals surface area contributed by atoms with E-state index in [9.17, 15) is 14.3 Å². The van der Waals surface area contributed by atoms with E-state index in [4.69, 9.17) is 0 Å². The molecule has 0 saturated heterocycles. The standard InChI is InChI=1S/C20H17FN2O2/c21-15-9-13-11-22-8-5-17(13)18(10-15)19(25)23-16-3-1-14(2-4-16)20(12-24)6-7-20/h1-5,8-11,24H,6-7,12H2,(H,23,25). The number of pyridine rings is 1. The maximum absolute atomic E-state index is 13.8. The van der Waals surface area contributed by atoms with Crippen LogP contribution in [0.2, 0.25) is 0 Å². The van der Waals surface area contributed by atoms with Gasteiger partial charge in [-0.3, -0.25) is 9.78 Å². The van der Waals surface area contributed by atoms with E-state index >= 15 is 0 Å². The molecule has 0 unspecified atom stereocenters. The van der Waals surface area contributed by atoms with Crippen LogP contribution in [0, 0.1) is 5.82 Å². The number of carbonyl (C=O) groups is 1. The van der Waals surface area contributed by atoms with Crippen molar-refractivity contribution in [2.24, 2.45) is 0 Å². The van der Waals surface area contributed by atoms with E-state index in [0.29, 0.717) is 16.5 Å². The Kier molecular flexibility index (Phi) is 3.73. The molecule has 126 valence electrons. The summed E-state index contributed by atoms with van der Waals surface area (Å²) in [6.07, 6.45) is 5.08. The van der Waals surface area contributed by atoms with Gasteiger partial charge in [-0.15, -0.1) is 0 Å². The largest absolute Gasteiger partial charge is 0.395 e. The van der Waals surface area contributed by atoms with Crippen molar-refractivity contribution in [2.75, 3.05) is 11.9 Å². The molecule has 0 atom stereocenters. The topological polar surface area (TPSA) is 62.2 Å². The maximum atomic E-state index is 13.8. The van der Waals surface area contributed by atoms with Crippen LogP contribution < -0.4 is 5.32 Å². The lowest BCUT2D eigenvalue weighted by Gasteiger charge is -2.13. The average Bonchev–Trinajstić information content (AvgIpc) is 3.43. The summed E-state index contributed by atoms with van der Waals surface area (Å²) in [7, 11) is 0. The van der Waals surface area contributed by atoms with Crippen molar-refractivity contribution in [3.05, 3.63) is 71.8 Å². The molecular formula is C20H17FN2O2. The second-order valence-electron chi connectivity index (χ2n) is 6.52. The Hall–Kier alpha value is -2.79. The van der Waals surface area contributed by atoms with Gasteiger partial charge < -0.3 is 10.4 Å². The summed E-state index contributed by atoms with van der Waals surface area (Å²) >= 11 is 0. The van der Waals surface area contributed by atoms with Crippen molar-refractivity contribution in [3.63, 3.8) is 0 Å². The van der Waals surface area contributed by atoms with Crippen molar-refractivity contribution in [3.8, 4) is 0 Å². The Balaban J connectivity index is 1.60. The molecule has 0 radical (unpaired) electrons. The molecule has 0 aliphatic heterocycles. The number of hydrogen-bond acceptors (Lipinski definition) is 3. The van der Waals surface area contributed by atoms with Crippen molar-refractivity contribution < 1.29 is 14.3 Å².